The molecule has 180 valence electrons. The number of ether oxygens (including phenoxy) is 2. The summed E-state index contributed by atoms with van der Waals surface area (Å²) in [6.07, 6.45) is 3.28. The van der Waals surface area contributed by atoms with Crippen LogP contribution in [0, 0.1) is 17.0 Å². The van der Waals surface area contributed by atoms with Crippen LogP contribution in [0.4, 0.5) is 8.78 Å². The van der Waals surface area contributed by atoms with E-state index in [-0.39, 0.29) is 22.9 Å². The van der Waals surface area contributed by atoms with E-state index in [2.05, 4.69) is 10.6 Å². The molecule has 0 aliphatic carbocycles. The van der Waals surface area contributed by atoms with Crippen LogP contribution >= 0.6 is 0 Å². The Morgan fingerprint density at radius 2 is 1.82 bits per heavy atom. The molecule has 8 nitrogen and oxygen atoms in total. The average Bonchev–Trinajstić information content (AvgIpc) is 3.05. The smallest absolute Gasteiger partial charge is 0.259 e. The lowest BCUT2D eigenvalue weighted by molar-refractivity contribution is 0.0817. The molecule has 3 rings (SSSR count). The second kappa shape index (κ2) is 9.50. The molecule has 10 heteroatoms. The predicted molar refractivity (Wildman–Crippen MR) is 123 cm³/mol. The van der Waals surface area contributed by atoms with Crippen molar-refractivity contribution >= 4 is 17.6 Å². The minimum absolute atomic E-state index is 0.134. The maximum atomic E-state index is 14.6. The first-order valence-electron chi connectivity index (χ1n) is 10.4. The number of halogens is 2. The highest BCUT2D eigenvalue weighted by molar-refractivity contribution is 6.09. The van der Waals surface area contributed by atoms with Gasteiger partial charge >= 0.3 is 0 Å². The van der Waals surface area contributed by atoms with Gasteiger partial charge in [-0.15, -0.1) is 0 Å². The van der Waals surface area contributed by atoms with E-state index in [1.165, 1.54) is 38.5 Å². The Morgan fingerprint density at radius 3 is 2.41 bits per heavy atom. The van der Waals surface area contributed by atoms with E-state index in [0.717, 1.165) is 17.0 Å². The first-order chi connectivity index (χ1) is 15.9. The molecule has 3 N–H and O–H groups in total. The van der Waals surface area contributed by atoms with Crippen molar-refractivity contribution in [3.63, 3.8) is 0 Å². The third-order valence-corrected chi connectivity index (χ3v) is 4.95. The third kappa shape index (κ3) is 5.33. The van der Waals surface area contributed by atoms with Gasteiger partial charge < -0.3 is 25.0 Å². The predicted octanol–water partition coefficient (Wildman–Crippen LogP) is 3.61. The summed E-state index contributed by atoms with van der Waals surface area (Å²) in [5.74, 6) is -3.29. The lowest BCUT2D eigenvalue weighted by atomic mass is 9.99. The van der Waals surface area contributed by atoms with Crippen LogP contribution in [0.15, 0.2) is 36.5 Å². The highest BCUT2D eigenvalue weighted by Crippen LogP contribution is 2.43. The number of hydrogen-bond acceptors (Lipinski definition) is 6. The molecule has 34 heavy (non-hydrogen) atoms. The molecule has 0 fully saturated rings. The summed E-state index contributed by atoms with van der Waals surface area (Å²) in [7, 11) is 4.44. The highest BCUT2D eigenvalue weighted by atomic mass is 19.1. The molecule has 2 aromatic carbocycles. The van der Waals surface area contributed by atoms with Gasteiger partial charge in [0.1, 0.15) is 45.9 Å². The van der Waals surface area contributed by atoms with Crippen LogP contribution in [0.2, 0.25) is 0 Å². The van der Waals surface area contributed by atoms with Gasteiger partial charge in [0.25, 0.3) is 11.8 Å². The number of carbonyl (C=O) groups excluding carboxylic acids is 2. The summed E-state index contributed by atoms with van der Waals surface area (Å²) in [5.41, 5.74) is -0.514. The van der Waals surface area contributed by atoms with E-state index < -0.39 is 34.6 Å². The van der Waals surface area contributed by atoms with Gasteiger partial charge in [0.15, 0.2) is 0 Å². The molecule has 0 bridgehead atoms. The largest absolute Gasteiger partial charge is 0.487 e. The van der Waals surface area contributed by atoms with Gasteiger partial charge in [-0.1, -0.05) is 0 Å². The van der Waals surface area contributed by atoms with Gasteiger partial charge in [0.05, 0.1) is 0 Å². The zero-order valence-electron chi connectivity index (χ0n) is 19.5. The molecule has 0 aromatic heterocycles. The molecule has 1 aliphatic rings. The van der Waals surface area contributed by atoms with Gasteiger partial charge in [-0.2, -0.15) is 0 Å². The Labute approximate surface area is 196 Å². The standard InChI is InChI=1S/C24H26F2N4O4/c1-24(2)12-15-18(33-14-10-16(25)21(17(26)11-14)23(32)30(4)5)8-13(9-19(15)34-24)22(31)29-20(27)6-7-28-3/h6-11,28H,12H2,1-5H3,(H2,27,29,31)/b7-6-. The van der Waals surface area contributed by atoms with Crippen LogP contribution in [-0.2, 0) is 6.42 Å². The van der Waals surface area contributed by atoms with Gasteiger partial charge in [0.2, 0.25) is 0 Å². The van der Waals surface area contributed by atoms with Crippen molar-refractivity contribution in [1.82, 2.24) is 15.5 Å². The number of amides is 2. The maximum Gasteiger partial charge on any atom is 0.259 e. The first-order valence-corrected chi connectivity index (χ1v) is 10.4. The molecule has 0 radical (unpaired) electrons. The fraction of sp³-hybridized carbons (Fsp3) is 0.292. The van der Waals surface area contributed by atoms with Gasteiger partial charge in [-0.25, -0.2) is 8.78 Å². The molecule has 2 aromatic rings. The quantitative estimate of drug-likeness (QED) is 0.440. The fourth-order valence-corrected chi connectivity index (χ4v) is 3.43. The number of fused-ring (bicyclic) bond motifs is 1. The Morgan fingerprint density at radius 1 is 1.18 bits per heavy atom. The fourth-order valence-electron chi connectivity index (χ4n) is 3.43. The van der Waals surface area contributed by atoms with E-state index in [1.807, 2.05) is 13.8 Å². The summed E-state index contributed by atoms with van der Waals surface area (Å²) in [6.45, 7) is 3.71. The lowest BCUT2D eigenvalue weighted by Gasteiger charge is -2.16. The van der Waals surface area contributed by atoms with Crippen molar-refractivity contribution in [2.24, 2.45) is 0 Å². The molecule has 0 saturated heterocycles. The van der Waals surface area contributed by atoms with Gasteiger partial charge in [0, 0.05) is 50.8 Å². The highest BCUT2D eigenvalue weighted by Gasteiger charge is 2.34. The molecule has 0 atom stereocenters. The number of benzene rings is 2. The van der Waals surface area contributed by atoms with E-state index in [4.69, 9.17) is 14.9 Å². The van der Waals surface area contributed by atoms with E-state index in [1.54, 1.807) is 7.05 Å². The first kappa shape index (κ1) is 24.7. The number of carbonyl (C=O) groups is 2. The van der Waals surface area contributed by atoms with Crippen molar-refractivity contribution in [3.05, 3.63) is 64.9 Å². The molecular weight excluding hydrogens is 446 g/mol. The monoisotopic (exact) mass is 472 g/mol. The van der Waals surface area contributed by atoms with Crippen LogP contribution in [0.1, 0.15) is 40.1 Å². The summed E-state index contributed by atoms with van der Waals surface area (Å²) in [6, 6.07) is 4.78. The Balaban J connectivity index is 1.98. The number of amidine groups is 1. The van der Waals surface area contributed by atoms with Crippen molar-refractivity contribution in [1.29, 1.82) is 5.41 Å². The summed E-state index contributed by atoms with van der Waals surface area (Å²) >= 11 is 0. The van der Waals surface area contributed by atoms with Crippen LogP contribution in [0.25, 0.3) is 0 Å². The normalized spacial score (nSPS) is 13.7. The molecule has 0 unspecified atom stereocenters. The number of nitrogens with one attached hydrogen (secondary N) is 3. The van der Waals surface area contributed by atoms with Crippen LogP contribution in [0.3, 0.4) is 0 Å². The molecule has 2 amide bonds. The summed E-state index contributed by atoms with van der Waals surface area (Å²) in [4.78, 5) is 25.8. The Kier molecular flexibility index (Phi) is 6.90. The molecular formula is C24H26F2N4O4. The maximum absolute atomic E-state index is 14.6. The second-order valence-electron chi connectivity index (χ2n) is 8.54. The molecule has 0 spiro atoms. The van der Waals surface area contributed by atoms with Gasteiger partial charge in [-0.3, -0.25) is 15.0 Å². The summed E-state index contributed by atoms with van der Waals surface area (Å²) < 4.78 is 40.9. The van der Waals surface area contributed by atoms with Crippen molar-refractivity contribution in [2.45, 2.75) is 25.9 Å². The van der Waals surface area contributed by atoms with E-state index in [9.17, 15) is 18.4 Å². The number of rotatable bonds is 6. The number of hydrogen-bond donors (Lipinski definition) is 3. The topological polar surface area (TPSA) is 104 Å². The van der Waals surface area contributed by atoms with E-state index >= 15 is 0 Å². The van der Waals surface area contributed by atoms with E-state index in [0.29, 0.717) is 17.7 Å². The number of nitrogens with zero attached hydrogens (tertiary/aromatic N) is 1. The van der Waals surface area contributed by atoms with Crippen LogP contribution < -0.4 is 20.1 Å². The second-order valence-corrected chi connectivity index (χ2v) is 8.54. The zero-order valence-corrected chi connectivity index (χ0v) is 19.5. The minimum atomic E-state index is -1.07. The minimum Gasteiger partial charge on any atom is -0.487 e. The SMILES string of the molecule is CN/C=C\C(=N)NC(=O)c1cc(Oc2cc(F)c(C(=O)N(C)C)c(F)c2)c2c(c1)OC(C)(C)C2. The van der Waals surface area contributed by atoms with Crippen molar-refractivity contribution in [2.75, 3.05) is 21.1 Å². The lowest BCUT2D eigenvalue weighted by Crippen LogP contribution is -2.28. The molecule has 1 aliphatic heterocycles. The van der Waals surface area contributed by atoms with Crippen molar-refractivity contribution in [3.8, 4) is 17.2 Å². The van der Waals surface area contributed by atoms with Crippen LogP contribution in [0.5, 0.6) is 17.2 Å². The summed E-state index contributed by atoms with van der Waals surface area (Å²) in [5, 5.41) is 13.0. The van der Waals surface area contributed by atoms with Crippen LogP contribution in [-0.4, -0.2) is 49.3 Å². The molecule has 1 heterocycles. The zero-order chi connectivity index (χ0) is 25.2. The van der Waals surface area contributed by atoms with Gasteiger partial charge in [-0.05, 0) is 38.3 Å². The third-order valence-electron chi connectivity index (χ3n) is 4.95. The Hall–Kier alpha value is -3.95. The molecule has 0 saturated carbocycles. The van der Waals surface area contributed by atoms with Crippen molar-refractivity contribution < 1.29 is 27.8 Å². The average molecular weight is 472 g/mol. The Bertz CT molecular complexity index is 1170.